The summed E-state index contributed by atoms with van der Waals surface area (Å²) in [5, 5.41) is 0. The summed E-state index contributed by atoms with van der Waals surface area (Å²) in [5.74, 6) is -0.404. The van der Waals surface area contributed by atoms with E-state index in [9.17, 15) is 17.1 Å². The first kappa shape index (κ1) is 15.9. The van der Waals surface area contributed by atoms with E-state index in [4.69, 9.17) is 0 Å². The summed E-state index contributed by atoms with van der Waals surface area (Å²) in [6.07, 6.45) is 3.54. The Labute approximate surface area is 128 Å². The van der Waals surface area contributed by atoms with Crippen LogP contribution in [0.3, 0.4) is 0 Å². The molecule has 114 valence electrons. The van der Waals surface area contributed by atoms with Crippen molar-refractivity contribution in [3.63, 3.8) is 0 Å². The Kier molecular flexibility index (Phi) is 4.72. The third-order valence-electron chi connectivity index (χ3n) is 2.96. The van der Waals surface area contributed by atoms with Gasteiger partial charge in [-0.25, -0.2) is 4.79 Å². The minimum atomic E-state index is -4.67. The molecule has 0 saturated carbocycles. The van der Waals surface area contributed by atoms with Gasteiger partial charge < -0.3 is 4.74 Å². The highest BCUT2D eigenvalue weighted by atomic mass is 32.3. The fourth-order valence-corrected chi connectivity index (χ4v) is 2.24. The van der Waals surface area contributed by atoms with Crippen molar-refractivity contribution in [2.24, 2.45) is 0 Å². The smallest absolute Gasteiger partial charge is 0.337 e. The average molecular weight is 320 g/mol. The van der Waals surface area contributed by atoms with E-state index < -0.39 is 16.2 Å². The second-order valence-electron chi connectivity index (χ2n) is 4.45. The molecule has 0 fully saturated rings. The third-order valence-corrected chi connectivity index (χ3v) is 3.80. The zero-order chi connectivity index (χ0) is 16.2. The number of hydrogen-bond donors (Lipinski definition) is 0. The van der Waals surface area contributed by atoms with E-state index in [2.05, 4.69) is 4.74 Å². The minimum Gasteiger partial charge on any atom is -0.465 e. The highest BCUT2D eigenvalue weighted by Crippen LogP contribution is 2.15. The van der Waals surface area contributed by atoms with Crippen LogP contribution in [0.25, 0.3) is 12.2 Å². The second kappa shape index (κ2) is 6.53. The predicted octanol–water partition coefficient (Wildman–Crippen LogP) is 3.30. The Morgan fingerprint density at radius 2 is 1.41 bits per heavy atom. The maximum atomic E-state index is 12.8. The molecule has 0 aromatic heterocycles. The first-order valence-electron chi connectivity index (χ1n) is 6.31. The van der Waals surface area contributed by atoms with E-state index in [0.29, 0.717) is 5.56 Å². The maximum absolute atomic E-state index is 12.8. The van der Waals surface area contributed by atoms with Gasteiger partial charge in [0.25, 0.3) is 0 Å². The first-order chi connectivity index (χ1) is 10.4. The van der Waals surface area contributed by atoms with Gasteiger partial charge in [-0.3, -0.25) is 0 Å². The molecule has 2 aromatic rings. The highest BCUT2D eigenvalue weighted by molar-refractivity contribution is 7.86. The van der Waals surface area contributed by atoms with Gasteiger partial charge in [-0.15, -0.1) is 3.89 Å². The number of methoxy groups -OCH3 is 1. The summed E-state index contributed by atoms with van der Waals surface area (Å²) in [6, 6.07) is 12.2. The molecule has 0 radical (unpaired) electrons. The van der Waals surface area contributed by atoms with E-state index in [1.807, 2.05) is 0 Å². The van der Waals surface area contributed by atoms with Crippen molar-refractivity contribution in [1.82, 2.24) is 0 Å². The molecule has 0 heterocycles. The van der Waals surface area contributed by atoms with E-state index in [0.717, 1.165) is 11.1 Å². The number of ether oxygens (including phenoxy) is 1. The van der Waals surface area contributed by atoms with Crippen molar-refractivity contribution in [2.45, 2.75) is 4.90 Å². The molecule has 0 amide bonds. The van der Waals surface area contributed by atoms with Crippen LogP contribution in [0.1, 0.15) is 21.5 Å². The molecule has 0 N–H and O–H groups in total. The van der Waals surface area contributed by atoms with E-state index in [-0.39, 0.29) is 4.90 Å². The van der Waals surface area contributed by atoms with Crippen LogP contribution >= 0.6 is 0 Å². The molecule has 0 bridgehead atoms. The van der Waals surface area contributed by atoms with Gasteiger partial charge in [0, 0.05) is 0 Å². The molecule has 4 nitrogen and oxygen atoms in total. The standard InChI is InChI=1S/C16H13FO4S/c1-21-16(18)14-8-4-12(5-9-14)2-3-13-6-10-15(11-7-13)22(17,19)20/h2-11H,1H3/b3-2+. The van der Waals surface area contributed by atoms with Gasteiger partial charge in [0.1, 0.15) is 0 Å². The summed E-state index contributed by atoms with van der Waals surface area (Å²) in [4.78, 5) is 10.9. The number of hydrogen-bond acceptors (Lipinski definition) is 4. The van der Waals surface area contributed by atoms with Crippen LogP contribution < -0.4 is 0 Å². The van der Waals surface area contributed by atoms with Gasteiger partial charge in [0.2, 0.25) is 0 Å². The summed E-state index contributed by atoms with van der Waals surface area (Å²) in [5.41, 5.74) is 2.04. The van der Waals surface area contributed by atoms with Crippen LogP contribution in [-0.4, -0.2) is 21.5 Å². The first-order valence-corrected chi connectivity index (χ1v) is 7.70. The minimum absolute atomic E-state index is 0.368. The lowest BCUT2D eigenvalue weighted by Gasteiger charge is -2.00. The molecule has 0 aliphatic heterocycles. The molecule has 0 atom stereocenters. The Balaban J connectivity index is 2.13. The van der Waals surface area contributed by atoms with Gasteiger partial charge in [-0.2, -0.15) is 8.42 Å². The van der Waals surface area contributed by atoms with E-state index in [1.54, 1.807) is 36.4 Å². The molecule has 0 spiro atoms. The molecule has 22 heavy (non-hydrogen) atoms. The van der Waals surface area contributed by atoms with Crippen LogP contribution in [0, 0.1) is 0 Å². The van der Waals surface area contributed by atoms with Crippen LogP contribution in [0.5, 0.6) is 0 Å². The van der Waals surface area contributed by atoms with Crippen LogP contribution in [0.4, 0.5) is 3.89 Å². The lowest BCUT2D eigenvalue weighted by molar-refractivity contribution is 0.0600. The number of carbonyl (C=O) groups excluding carboxylic acids is 1. The number of esters is 1. The molecule has 0 saturated heterocycles. The number of carbonyl (C=O) groups is 1. The molecule has 2 aromatic carbocycles. The Morgan fingerprint density at radius 3 is 1.82 bits per heavy atom. The zero-order valence-electron chi connectivity index (χ0n) is 11.7. The SMILES string of the molecule is COC(=O)c1ccc(/C=C/c2ccc(S(=O)(=O)F)cc2)cc1. The van der Waals surface area contributed by atoms with Crippen LogP contribution in [-0.2, 0) is 15.0 Å². The van der Waals surface area contributed by atoms with Crippen LogP contribution in [0.15, 0.2) is 53.4 Å². The summed E-state index contributed by atoms with van der Waals surface area (Å²) < 4.78 is 38.8. The number of rotatable bonds is 4. The van der Waals surface area contributed by atoms with Crippen molar-refractivity contribution < 1.29 is 21.8 Å². The van der Waals surface area contributed by atoms with E-state index >= 15 is 0 Å². The predicted molar refractivity (Wildman–Crippen MR) is 81.4 cm³/mol. The summed E-state index contributed by atoms with van der Waals surface area (Å²) in [7, 11) is -3.35. The normalized spacial score (nSPS) is 11.5. The van der Waals surface area contributed by atoms with Gasteiger partial charge in [-0.05, 0) is 35.4 Å². The topological polar surface area (TPSA) is 60.4 Å². The fraction of sp³-hybridized carbons (Fsp3) is 0.0625. The maximum Gasteiger partial charge on any atom is 0.337 e. The van der Waals surface area contributed by atoms with E-state index in [1.165, 1.54) is 31.4 Å². The van der Waals surface area contributed by atoms with Crippen molar-refractivity contribution in [3.05, 3.63) is 65.2 Å². The van der Waals surface area contributed by atoms with Gasteiger partial charge in [-0.1, -0.05) is 36.4 Å². The molecule has 2 rings (SSSR count). The lowest BCUT2D eigenvalue weighted by Crippen LogP contribution is -2.00. The quantitative estimate of drug-likeness (QED) is 0.493. The lowest BCUT2D eigenvalue weighted by atomic mass is 10.1. The average Bonchev–Trinajstić information content (AvgIpc) is 2.52. The van der Waals surface area contributed by atoms with Gasteiger partial charge >= 0.3 is 16.2 Å². The number of halogens is 1. The molecule has 0 aliphatic rings. The highest BCUT2D eigenvalue weighted by Gasteiger charge is 2.10. The molecular weight excluding hydrogens is 307 g/mol. The van der Waals surface area contributed by atoms with Crippen LogP contribution in [0.2, 0.25) is 0 Å². The van der Waals surface area contributed by atoms with Crippen molar-refractivity contribution >= 4 is 28.3 Å². The second-order valence-corrected chi connectivity index (χ2v) is 5.80. The molecule has 0 aliphatic carbocycles. The molecule has 6 heteroatoms. The Morgan fingerprint density at radius 1 is 0.955 bits per heavy atom. The Hall–Kier alpha value is -2.47. The fourth-order valence-electron chi connectivity index (χ4n) is 1.78. The number of benzene rings is 2. The molecule has 0 unspecified atom stereocenters. The van der Waals surface area contributed by atoms with Gasteiger partial charge in [0.15, 0.2) is 0 Å². The van der Waals surface area contributed by atoms with Crippen molar-refractivity contribution in [2.75, 3.05) is 7.11 Å². The zero-order valence-corrected chi connectivity index (χ0v) is 12.5. The van der Waals surface area contributed by atoms with Crippen molar-refractivity contribution in [1.29, 1.82) is 0 Å². The largest absolute Gasteiger partial charge is 0.465 e. The summed E-state index contributed by atoms with van der Waals surface area (Å²) >= 11 is 0. The third kappa shape index (κ3) is 4.02. The Bertz CT molecular complexity index is 791. The van der Waals surface area contributed by atoms with Gasteiger partial charge in [0.05, 0.1) is 17.6 Å². The molecular formula is C16H13FO4S. The monoisotopic (exact) mass is 320 g/mol. The summed E-state index contributed by atoms with van der Waals surface area (Å²) in [6.45, 7) is 0. The van der Waals surface area contributed by atoms with Crippen molar-refractivity contribution in [3.8, 4) is 0 Å².